The summed E-state index contributed by atoms with van der Waals surface area (Å²) in [5.41, 5.74) is 2.44. The van der Waals surface area contributed by atoms with Crippen molar-refractivity contribution in [1.82, 2.24) is 14.5 Å². The van der Waals surface area contributed by atoms with Crippen LogP contribution in [0.4, 0.5) is 5.69 Å². The average Bonchev–Trinajstić information content (AvgIpc) is 3.16. The second kappa shape index (κ2) is 10.1. The number of hydrogen-bond acceptors (Lipinski definition) is 5. The van der Waals surface area contributed by atoms with Gasteiger partial charge in [0.15, 0.2) is 5.16 Å². The number of benzene rings is 2. The molecular formula is C24H28N4O3S. The Labute approximate surface area is 192 Å². The molecule has 0 spiro atoms. The number of rotatable bonds is 7. The normalized spacial score (nSPS) is 16.2. The summed E-state index contributed by atoms with van der Waals surface area (Å²) in [6.45, 7) is 3.15. The van der Waals surface area contributed by atoms with E-state index >= 15 is 0 Å². The Balaban J connectivity index is 1.47. The molecule has 3 aromatic rings. The number of anilines is 1. The molecule has 0 saturated carbocycles. The van der Waals surface area contributed by atoms with Crippen molar-refractivity contribution in [2.75, 3.05) is 24.7 Å². The molecule has 2 aromatic carbocycles. The van der Waals surface area contributed by atoms with Crippen molar-refractivity contribution in [1.29, 1.82) is 0 Å². The minimum absolute atomic E-state index is 0.102. The standard InChI is InChI=1S/C24H28N4O3S/c1-17-7-5-6-14-27(17)23(30)15-28-21-9-4-3-8-20(21)26-24(28)32-16-22(29)25-18-10-12-19(31-2)13-11-18/h3-4,8-13,17H,5-7,14-16H2,1-2H3,(H,25,29)/t17-/m1/s1. The lowest BCUT2D eigenvalue weighted by Gasteiger charge is -2.33. The molecular weight excluding hydrogens is 424 g/mol. The number of imidazole rings is 1. The minimum Gasteiger partial charge on any atom is -0.497 e. The van der Waals surface area contributed by atoms with Crippen LogP contribution in [0.3, 0.4) is 0 Å². The lowest BCUT2D eigenvalue weighted by molar-refractivity contribution is -0.135. The number of aromatic nitrogens is 2. The van der Waals surface area contributed by atoms with Crippen molar-refractivity contribution in [2.24, 2.45) is 0 Å². The highest BCUT2D eigenvalue weighted by atomic mass is 32.2. The number of ether oxygens (including phenoxy) is 1. The van der Waals surface area contributed by atoms with E-state index in [4.69, 9.17) is 9.72 Å². The van der Waals surface area contributed by atoms with Crippen LogP contribution < -0.4 is 10.1 Å². The van der Waals surface area contributed by atoms with Crippen LogP contribution in [0.15, 0.2) is 53.7 Å². The quantitative estimate of drug-likeness (QED) is 0.545. The third-order valence-electron chi connectivity index (χ3n) is 5.74. The van der Waals surface area contributed by atoms with Gasteiger partial charge in [-0.05, 0) is 62.6 Å². The Morgan fingerprint density at radius 2 is 1.94 bits per heavy atom. The maximum absolute atomic E-state index is 13.1. The SMILES string of the molecule is COc1ccc(NC(=O)CSc2nc3ccccc3n2CC(=O)N2CCCC[C@H]2C)cc1. The highest BCUT2D eigenvalue weighted by Gasteiger charge is 2.25. The molecule has 0 unspecified atom stereocenters. The summed E-state index contributed by atoms with van der Waals surface area (Å²) in [5.74, 6) is 0.905. The van der Waals surface area contributed by atoms with Gasteiger partial charge in [0, 0.05) is 18.3 Å². The average molecular weight is 453 g/mol. The second-order valence-electron chi connectivity index (χ2n) is 7.97. The molecule has 168 valence electrons. The molecule has 4 rings (SSSR count). The van der Waals surface area contributed by atoms with Gasteiger partial charge >= 0.3 is 0 Å². The van der Waals surface area contributed by atoms with E-state index < -0.39 is 0 Å². The van der Waals surface area contributed by atoms with Gasteiger partial charge < -0.3 is 19.5 Å². The molecule has 1 saturated heterocycles. The molecule has 2 amide bonds. The highest BCUT2D eigenvalue weighted by Crippen LogP contribution is 2.26. The number of nitrogens with one attached hydrogen (secondary N) is 1. The van der Waals surface area contributed by atoms with Crippen LogP contribution in [0, 0.1) is 0 Å². The molecule has 8 heteroatoms. The van der Waals surface area contributed by atoms with Crippen LogP contribution in [0.5, 0.6) is 5.75 Å². The summed E-state index contributed by atoms with van der Waals surface area (Å²) in [6.07, 6.45) is 3.26. The number of carbonyl (C=O) groups excluding carboxylic acids is 2. The Morgan fingerprint density at radius 1 is 1.16 bits per heavy atom. The van der Waals surface area contributed by atoms with E-state index in [9.17, 15) is 9.59 Å². The van der Waals surface area contributed by atoms with Gasteiger partial charge in [0.1, 0.15) is 12.3 Å². The second-order valence-corrected chi connectivity index (χ2v) is 8.91. The van der Waals surface area contributed by atoms with Crippen molar-refractivity contribution >= 4 is 40.3 Å². The van der Waals surface area contributed by atoms with Gasteiger partial charge in [-0.2, -0.15) is 0 Å². The van der Waals surface area contributed by atoms with E-state index in [0.29, 0.717) is 10.8 Å². The number of carbonyl (C=O) groups is 2. The van der Waals surface area contributed by atoms with Gasteiger partial charge in [0.2, 0.25) is 11.8 Å². The Morgan fingerprint density at radius 3 is 2.69 bits per heavy atom. The van der Waals surface area contributed by atoms with Crippen molar-refractivity contribution in [2.45, 2.75) is 43.9 Å². The number of thioether (sulfide) groups is 1. The monoisotopic (exact) mass is 452 g/mol. The first-order valence-corrected chi connectivity index (χ1v) is 11.8. The molecule has 1 N–H and O–H groups in total. The minimum atomic E-state index is -0.130. The van der Waals surface area contributed by atoms with E-state index in [1.165, 1.54) is 18.2 Å². The van der Waals surface area contributed by atoms with Gasteiger partial charge in [-0.15, -0.1) is 0 Å². The number of hydrogen-bond donors (Lipinski definition) is 1. The number of fused-ring (bicyclic) bond motifs is 1. The first kappa shape index (κ1) is 22.2. The zero-order valence-corrected chi connectivity index (χ0v) is 19.2. The van der Waals surface area contributed by atoms with E-state index in [1.54, 1.807) is 31.4 Å². The van der Waals surface area contributed by atoms with E-state index in [0.717, 1.165) is 36.2 Å². The summed E-state index contributed by atoms with van der Waals surface area (Å²) < 4.78 is 7.08. The van der Waals surface area contributed by atoms with Gasteiger partial charge in [0.25, 0.3) is 0 Å². The lowest BCUT2D eigenvalue weighted by Crippen LogP contribution is -2.43. The molecule has 0 radical (unpaired) electrons. The predicted octanol–water partition coefficient (Wildman–Crippen LogP) is 4.18. The fourth-order valence-corrected chi connectivity index (χ4v) is 4.83. The Kier molecular flexibility index (Phi) is 6.99. The summed E-state index contributed by atoms with van der Waals surface area (Å²) in [5, 5.41) is 3.56. The summed E-state index contributed by atoms with van der Waals surface area (Å²) in [6, 6.07) is 15.2. The number of methoxy groups -OCH3 is 1. The molecule has 0 bridgehead atoms. The first-order chi connectivity index (χ1) is 15.5. The number of piperidine rings is 1. The maximum atomic E-state index is 13.1. The van der Waals surface area contributed by atoms with Gasteiger partial charge in [-0.25, -0.2) is 4.98 Å². The Hall–Kier alpha value is -3.00. The van der Waals surface area contributed by atoms with Crippen LogP contribution in [0.2, 0.25) is 0 Å². The third kappa shape index (κ3) is 5.07. The molecule has 32 heavy (non-hydrogen) atoms. The smallest absolute Gasteiger partial charge is 0.242 e. The molecule has 1 atom stereocenters. The van der Waals surface area contributed by atoms with Gasteiger partial charge in [0.05, 0.1) is 23.9 Å². The molecule has 1 aromatic heterocycles. The van der Waals surface area contributed by atoms with Crippen LogP contribution >= 0.6 is 11.8 Å². The van der Waals surface area contributed by atoms with Crippen molar-refractivity contribution in [3.63, 3.8) is 0 Å². The van der Waals surface area contributed by atoms with Crippen LogP contribution in [0.1, 0.15) is 26.2 Å². The largest absolute Gasteiger partial charge is 0.497 e. The van der Waals surface area contributed by atoms with E-state index in [1.807, 2.05) is 33.7 Å². The van der Waals surface area contributed by atoms with Crippen molar-refractivity contribution < 1.29 is 14.3 Å². The fourth-order valence-electron chi connectivity index (χ4n) is 4.01. The number of para-hydroxylation sites is 2. The number of amides is 2. The number of nitrogens with zero attached hydrogens (tertiary/aromatic N) is 3. The zero-order valence-electron chi connectivity index (χ0n) is 18.4. The molecule has 1 aliphatic heterocycles. The molecule has 2 heterocycles. The van der Waals surface area contributed by atoms with Crippen LogP contribution in [0.25, 0.3) is 11.0 Å². The lowest BCUT2D eigenvalue weighted by atomic mass is 10.0. The summed E-state index contributed by atoms with van der Waals surface area (Å²) in [4.78, 5) is 32.3. The maximum Gasteiger partial charge on any atom is 0.242 e. The van der Waals surface area contributed by atoms with E-state index in [-0.39, 0.29) is 30.2 Å². The van der Waals surface area contributed by atoms with Crippen LogP contribution in [-0.2, 0) is 16.1 Å². The van der Waals surface area contributed by atoms with Crippen molar-refractivity contribution in [3.05, 3.63) is 48.5 Å². The van der Waals surface area contributed by atoms with Crippen LogP contribution in [-0.4, -0.2) is 51.7 Å². The van der Waals surface area contributed by atoms with E-state index in [2.05, 4.69) is 12.2 Å². The van der Waals surface area contributed by atoms with Crippen molar-refractivity contribution in [3.8, 4) is 5.75 Å². The summed E-state index contributed by atoms with van der Waals surface area (Å²) >= 11 is 1.34. The fraction of sp³-hybridized carbons (Fsp3) is 0.375. The Bertz CT molecular complexity index is 1100. The van der Waals surface area contributed by atoms with Gasteiger partial charge in [-0.3, -0.25) is 9.59 Å². The van der Waals surface area contributed by atoms with Gasteiger partial charge in [-0.1, -0.05) is 23.9 Å². The highest BCUT2D eigenvalue weighted by molar-refractivity contribution is 7.99. The molecule has 0 aliphatic carbocycles. The third-order valence-corrected chi connectivity index (χ3v) is 6.72. The predicted molar refractivity (Wildman–Crippen MR) is 127 cm³/mol. The molecule has 7 nitrogen and oxygen atoms in total. The summed E-state index contributed by atoms with van der Waals surface area (Å²) in [7, 11) is 1.60. The topological polar surface area (TPSA) is 76.5 Å². The number of likely N-dealkylation sites (tertiary alicyclic amines) is 1. The molecule has 1 aliphatic rings. The first-order valence-electron chi connectivity index (χ1n) is 10.9. The molecule has 1 fully saturated rings. The zero-order chi connectivity index (χ0) is 22.5.